The molecule has 182 valence electrons. The van der Waals surface area contributed by atoms with Crippen LogP contribution < -0.4 is 4.90 Å². The van der Waals surface area contributed by atoms with Crippen LogP contribution in [0.4, 0.5) is 5.82 Å². The molecule has 0 bridgehead atoms. The van der Waals surface area contributed by atoms with Gasteiger partial charge in [-0.05, 0) is 36.6 Å². The molecule has 0 aliphatic carbocycles. The van der Waals surface area contributed by atoms with Crippen LogP contribution in [-0.4, -0.2) is 71.1 Å². The van der Waals surface area contributed by atoms with Crippen LogP contribution in [0, 0.1) is 12.8 Å². The Bertz CT molecular complexity index is 1140. The van der Waals surface area contributed by atoms with Crippen molar-refractivity contribution in [2.75, 3.05) is 44.2 Å². The van der Waals surface area contributed by atoms with E-state index in [-0.39, 0.29) is 24.3 Å². The topological polar surface area (TPSA) is 69.6 Å². The number of benzene rings is 2. The number of aromatic nitrogens is 2. The highest BCUT2D eigenvalue weighted by atomic mass is 16.2. The lowest BCUT2D eigenvalue weighted by molar-refractivity contribution is -0.132. The van der Waals surface area contributed by atoms with Crippen molar-refractivity contribution < 1.29 is 9.59 Å². The number of carbonyl (C=O) groups is 2. The molecule has 2 aromatic carbocycles. The Morgan fingerprint density at radius 2 is 1.57 bits per heavy atom. The zero-order valence-electron chi connectivity index (χ0n) is 20.7. The van der Waals surface area contributed by atoms with E-state index in [1.54, 1.807) is 4.90 Å². The molecule has 1 saturated heterocycles. The maximum atomic E-state index is 13.2. The van der Waals surface area contributed by atoms with Gasteiger partial charge in [0.15, 0.2) is 5.82 Å². The van der Waals surface area contributed by atoms with Crippen LogP contribution in [0.15, 0.2) is 66.7 Å². The number of piperazine rings is 1. The maximum Gasteiger partial charge on any atom is 0.254 e. The van der Waals surface area contributed by atoms with Crippen LogP contribution in [0.5, 0.6) is 0 Å². The fourth-order valence-electron chi connectivity index (χ4n) is 4.35. The number of amides is 2. The Kier molecular flexibility index (Phi) is 7.75. The normalized spacial score (nSPS) is 13.7. The number of hydrogen-bond donors (Lipinski definition) is 0. The quantitative estimate of drug-likeness (QED) is 0.523. The average Bonchev–Trinajstić information content (AvgIpc) is 2.88. The van der Waals surface area contributed by atoms with E-state index in [2.05, 4.69) is 28.9 Å². The number of carbonyl (C=O) groups excluding carboxylic acids is 2. The number of aryl methyl sites for hydroxylation is 1. The smallest absolute Gasteiger partial charge is 0.254 e. The predicted octanol–water partition coefficient (Wildman–Crippen LogP) is 3.90. The molecule has 0 atom stereocenters. The van der Waals surface area contributed by atoms with Crippen molar-refractivity contribution in [3.8, 4) is 11.3 Å². The van der Waals surface area contributed by atoms with Gasteiger partial charge in [-0.1, -0.05) is 62.4 Å². The van der Waals surface area contributed by atoms with E-state index in [1.807, 2.05) is 78.6 Å². The van der Waals surface area contributed by atoms with Crippen LogP contribution in [0.2, 0.25) is 0 Å². The van der Waals surface area contributed by atoms with Crippen molar-refractivity contribution in [3.05, 3.63) is 77.9 Å². The molecule has 0 unspecified atom stereocenters. The van der Waals surface area contributed by atoms with Gasteiger partial charge in [-0.15, -0.1) is 10.2 Å². The van der Waals surface area contributed by atoms with Gasteiger partial charge in [0.25, 0.3) is 5.91 Å². The average molecular weight is 472 g/mol. The molecular formula is C28H33N5O2. The predicted molar refractivity (Wildman–Crippen MR) is 138 cm³/mol. The largest absolute Gasteiger partial charge is 0.352 e. The minimum atomic E-state index is -0.0856. The Hall–Kier alpha value is -3.74. The fourth-order valence-corrected chi connectivity index (χ4v) is 4.35. The minimum absolute atomic E-state index is 0.0160. The van der Waals surface area contributed by atoms with Gasteiger partial charge >= 0.3 is 0 Å². The van der Waals surface area contributed by atoms with Gasteiger partial charge in [-0.2, -0.15) is 0 Å². The molecule has 0 saturated carbocycles. The molecular weight excluding hydrogens is 438 g/mol. The minimum Gasteiger partial charge on any atom is -0.352 e. The first-order chi connectivity index (χ1) is 16.9. The lowest BCUT2D eigenvalue weighted by atomic mass is 10.1. The van der Waals surface area contributed by atoms with Crippen LogP contribution in [0.3, 0.4) is 0 Å². The molecule has 4 rings (SSSR count). The molecule has 0 radical (unpaired) electrons. The molecule has 0 spiro atoms. The highest BCUT2D eigenvalue weighted by molar-refractivity contribution is 5.97. The number of hydrogen-bond acceptors (Lipinski definition) is 5. The Morgan fingerprint density at radius 3 is 2.20 bits per heavy atom. The lowest BCUT2D eigenvalue weighted by Gasteiger charge is -2.36. The molecule has 2 heterocycles. The first kappa shape index (κ1) is 24.4. The standard InChI is InChI=1S/C28H33N5O2/c1-21(2)19-33(28(35)24-12-8-7-9-22(24)3)20-27(34)32-17-15-31(16-18-32)26-14-13-25(29-30-26)23-10-5-4-6-11-23/h4-14,21H,15-20H2,1-3H3. The summed E-state index contributed by atoms with van der Waals surface area (Å²) in [5, 5.41) is 8.80. The van der Waals surface area contributed by atoms with Gasteiger partial charge in [0.05, 0.1) is 5.69 Å². The highest BCUT2D eigenvalue weighted by Gasteiger charge is 2.26. The first-order valence-electron chi connectivity index (χ1n) is 12.2. The molecule has 7 heteroatoms. The van der Waals surface area contributed by atoms with Gasteiger partial charge in [0, 0.05) is 43.9 Å². The van der Waals surface area contributed by atoms with Crippen molar-refractivity contribution >= 4 is 17.6 Å². The third-order valence-electron chi connectivity index (χ3n) is 6.25. The lowest BCUT2D eigenvalue weighted by Crippen LogP contribution is -2.52. The zero-order chi connectivity index (χ0) is 24.8. The summed E-state index contributed by atoms with van der Waals surface area (Å²) in [6.45, 7) is 9.24. The van der Waals surface area contributed by atoms with E-state index < -0.39 is 0 Å². The van der Waals surface area contributed by atoms with E-state index in [9.17, 15) is 9.59 Å². The third kappa shape index (κ3) is 6.04. The molecule has 3 aromatic rings. The van der Waals surface area contributed by atoms with Crippen molar-refractivity contribution in [1.29, 1.82) is 0 Å². The second-order valence-corrected chi connectivity index (χ2v) is 9.41. The van der Waals surface area contributed by atoms with Gasteiger partial charge in [0.1, 0.15) is 6.54 Å². The summed E-state index contributed by atoms with van der Waals surface area (Å²) < 4.78 is 0. The summed E-state index contributed by atoms with van der Waals surface area (Å²) in [7, 11) is 0. The molecule has 2 amide bonds. The fraction of sp³-hybridized carbons (Fsp3) is 0.357. The van der Waals surface area contributed by atoms with E-state index >= 15 is 0 Å². The van der Waals surface area contributed by atoms with Crippen molar-refractivity contribution in [2.45, 2.75) is 20.8 Å². The second-order valence-electron chi connectivity index (χ2n) is 9.41. The Balaban J connectivity index is 1.36. The summed E-state index contributed by atoms with van der Waals surface area (Å²) in [6, 6.07) is 21.5. The molecule has 1 aromatic heterocycles. The molecule has 35 heavy (non-hydrogen) atoms. The number of nitrogens with zero attached hydrogens (tertiary/aromatic N) is 5. The summed E-state index contributed by atoms with van der Waals surface area (Å²) in [4.78, 5) is 32.0. The van der Waals surface area contributed by atoms with Crippen LogP contribution in [-0.2, 0) is 4.79 Å². The number of anilines is 1. The van der Waals surface area contributed by atoms with E-state index in [0.29, 0.717) is 38.3 Å². The van der Waals surface area contributed by atoms with Crippen molar-refractivity contribution in [2.24, 2.45) is 5.92 Å². The van der Waals surface area contributed by atoms with Crippen LogP contribution >= 0.6 is 0 Å². The number of rotatable bonds is 7. The summed E-state index contributed by atoms with van der Waals surface area (Å²) in [5.74, 6) is 0.980. The van der Waals surface area contributed by atoms with E-state index in [0.717, 1.165) is 22.6 Å². The molecule has 0 N–H and O–H groups in total. The summed E-state index contributed by atoms with van der Waals surface area (Å²) >= 11 is 0. The summed E-state index contributed by atoms with van der Waals surface area (Å²) in [6.07, 6.45) is 0. The molecule has 1 aliphatic heterocycles. The monoisotopic (exact) mass is 471 g/mol. The maximum absolute atomic E-state index is 13.2. The molecule has 1 aliphatic rings. The van der Waals surface area contributed by atoms with Gasteiger partial charge in [-0.3, -0.25) is 9.59 Å². The summed E-state index contributed by atoms with van der Waals surface area (Å²) in [5.41, 5.74) is 3.45. The molecule has 7 nitrogen and oxygen atoms in total. The van der Waals surface area contributed by atoms with Crippen molar-refractivity contribution in [1.82, 2.24) is 20.0 Å². The van der Waals surface area contributed by atoms with Gasteiger partial charge in [-0.25, -0.2) is 0 Å². The zero-order valence-corrected chi connectivity index (χ0v) is 20.7. The van der Waals surface area contributed by atoms with E-state index in [4.69, 9.17) is 0 Å². The Morgan fingerprint density at radius 1 is 0.886 bits per heavy atom. The van der Waals surface area contributed by atoms with Crippen molar-refractivity contribution in [3.63, 3.8) is 0 Å². The third-order valence-corrected chi connectivity index (χ3v) is 6.25. The SMILES string of the molecule is Cc1ccccc1C(=O)N(CC(=O)N1CCN(c2ccc(-c3ccccc3)nn2)CC1)CC(C)C. The van der Waals surface area contributed by atoms with Crippen LogP contribution in [0.1, 0.15) is 29.8 Å². The van der Waals surface area contributed by atoms with Gasteiger partial charge < -0.3 is 14.7 Å². The first-order valence-corrected chi connectivity index (χ1v) is 12.2. The van der Waals surface area contributed by atoms with E-state index in [1.165, 1.54) is 0 Å². The highest BCUT2D eigenvalue weighted by Crippen LogP contribution is 2.19. The second kappa shape index (κ2) is 11.1. The Labute approximate surface area is 207 Å². The van der Waals surface area contributed by atoms with Crippen LogP contribution in [0.25, 0.3) is 11.3 Å². The van der Waals surface area contributed by atoms with Gasteiger partial charge in [0.2, 0.25) is 5.91 Å². The molecule has 1 fully saturated rings.